The number of epoxide rings is 1. The molecule has 5 nitrogen and oxygen atoms in total. The van der Waals surface area contributed by atoms with Crippen LogP contribution in [0.2, 0.25) is 0 Å². The summed E-state index contributed by atoms with van der Waals surface area (Å²) in [6.07, 6.45) is 5.08. The minimum atomic E-state index is -0.583. The van der Waals surface area contributed by atoms with Gasteiger partial charge in [-0.3, -0.25) is 4.84 Å². The third-order valence-corrected chi connectivity index (χ3v) is 7.93. The SMILES string of the molecule is CCOC1(OCC)CC(C)(CC)N(OCCc2ccc(CC3CO3)cc2)C(C)(CC)C1C. The van der Waals surface area contributed by atoms with Gasteiger partial charge in [0.1, 0.15) is 0 Å². The minimum Gasteiger partial charge on any atom is -0.373 e. The molecule has 2 fully saturated rings. The van der Waals surface area contributed by atoms with Crippen molar-refractivity contribution in [1.29, 1.82) is 0 Å². The molecule has 2 saturated heterocycles. The molecule has 2 heterocycles. The summed E-state index contributed by atoms with van der Waals surface area (Å²) < 4.78 is 18.1. The highest BCUT2D eigenvalue weighted by molar-refractivity contribution is 5.23. The highest BCUT2D eigenvalue weighted by Crippen LogP contribution is 2.52. The summed E-state index contributed by atoms with van der Waals surface area (Å²) >= 11 is 0. The van der Waals surface area contributed by atoms with E-state index in [1.807, 2.05) is 0 Å². The maximum atomic E-state index is 6.63. The Morgan fingerprint density at radius 3 is 2.06 bits per heavy atom. The largest absolute Gasteiger partial charge is 0.373 e. The molecule has 0 radical (unpaired) electrons. The van der Waals surface area contributed by atoms with Crippen LogP contribution in [0.4, 0.5) is 0 Å². The third-order valence-electron chi connectivity index (χ3n) is 7.93. The van der Waals surface area contributed by atoms with Crippen LogP contribution in [-0.4, -0.2) is 54.5 Å². The summed E-state index contributed by atoms with van der Waals surface area (Å²) in [5.74, 6) is -0.413. The van der Waals surface area contributed by atoms with E-state index in [0.717, 1.165) is 38.7 Å². The van der Waals surface area contributed by atoms with Crippen molar-refractivity contribution in [1.82, 2.24) is 5.06 Å². The average Bonchev–Trinajstić information content (AvgIpc) is 3.60. The van der Waals surface area contributed by atoms with E-state index in [1.54, 1.807) is 0 Å². The Balaban J connectivity index is 1.73. The van der Waals surface area contributed by atoms with Crippen molar-refractivity contribution in [3.63, 3.8) is 0 Å². The molecule has 0 saturated carbocycles. The van der Waals surface area contributed by atoms with Gasteiger partial charge in [-0.05, 0) is 58.1 Å². The lowest BCUT2D eigenvalue weighted by atomic mass is 9.67. The standard InChI is InChI=1S/C27H45NO4/c1-8-25(6)20-27(30-10-3,31-11-4)21(5)26(7,9-2)28(25)32-17-16-22-12-14-23(15-13-22)18-24-19-29-24/h12-15,21,24H,8-11,16-20H2,1-7H3. The van der Waals surface area contributed by atoms with Gasteiger partial charge in [0.25, 0.3) is 0 Å². The summed E-state index contributed by atoms with van der Waals surface area (Å²) in [7, 11) is 0. The van der Waals surface area contributed by atoms with Crippen LogP contribution in [0.3, 0.4) is 0 Å². The normalized spacial score (nSPS) is 32.2. The van der Waals surface area contributed by atoms with Crippen LogP contribution in [-0.2, 0) is 31.9 Å². The molecule has 0 spiro atoms. The molecule has 0 bridgehead atoms. The third kappa shape index (κ3) is 5.23. The zero-order valence-electron chi connectivity index (χ0n) is 21.4. The molecule has 3 rings (SSSR count). The Kier molecular flexibility index (Phi) is 8.43. The molecule has 0 N–H and O–H groups in total. The van der Waals surface area contributed by atoms with Crippen molar-refractivity contribution in [3.8, 4) is 0 Å². The summed E-state index contributed by atoms with van der Waals surface area (Å²) in [5, 5.41) is 2.31. The molecular weight excluding hydrogens is 402 g/mol. The topological polar surface area (TPSA) is 43.5 Å². The molecular formula is C27H45NO4. The van der Waals surface area contributed by atoms with Gasteiger partial charge < -0.3 is 14.2 Å². The number of ether oxygens (including phenoxy) is 3. The molecule has 2 aliphatic heterocycles. The smallest absolute Gasteiger partial charge is 0.174 e. The van der Waals surface area contributed by atoms with Crippen molar-refractivity contribution >= 4 is 0 Å². The van der Waals surface area contributed by atoms with E-state index < -0.39 is 5.79 Å². The zero-order chi connectivity index (χ0) is 23.4. The molecule has 0 aromatic heterocycles. The van der Waals surface area contributed by atoms with E-state index in [1.165, 1.54) is 11.1 Å². The van der Waals surface area contributed by atoms with E-state index in [4.69, 9.17) is 19.0 Å². The number of rotatable bonds is 12. The molecule has 4 unspecified atom stereocenters. The zero-order valence-corrected chi connectivity index (χ0v) is 21.4. The van der Waals surface area contributed by atoms with Crippen LogP contribution < -0.4 is 0 Å². The Morgan fingerprint density at radius 1 is 0.969 bits per heavy atom. The van der Waals surface area contributed by atoms with Gasteiger partial charge in [0, 0.05) is 37.5 Å². The minimum absolute atomic E-state index is 0.170. The molecule has 0 amide bonds. The lowest BCUT2D eigenvalue weighted by molar-refractivity contribution is -0.385. The van der Waals surface area contributed by atoms with Crippen LogP contribution in [0, 0.1) is 5.92 Å². The summed E-state index contributed by atoms with van der Waals surface area (Å²) in [5.41, 5.74) is 2.30. The number of nitrogens with zero attached hydrogens (tertiary/aromatic N) is 1. The van der Waals surface area contributed by atoms with Crippen LogP contribution >= 0.6 is 0 Å². The fraction of sp³-hybridized carbons (Fsp3) is 0.778. The average molecular weight is 448 g/mol. The maximum Gasteiger partial charge on any atom is 0.174 e. The molecule has 32 heavy (non-hydrogen) atoms. The molecule has 4 atom stereocenters. The quantitative estimate of drug-likeness (QED) is 0.310. The molecule has 5 heteroatoms. The first-order valence-corrected chi connectivity index (χ1v) is 12.7. The second-order valence-corrected chi connectivity index (χ2v) is 9.99. The fourth-order valence-corrected chi connectivity index (χ4v) is 5.47. The number of piperidine rings is 1. The van der Waals surface area contributed by atoms with Gasteiger partial charge in [-0.1, -0.05) is 45.0 Å². The van der Waals surface area contributed by atoms with Gasteiger partial charge in [-0.2, -0.15) is 5.06 Å². The summed E-state index contributed by atoms with van der Waals surface area (Å²) in [6.45, 7) is 18.4. The van der Waals surface area contributed by atoms with E-state index in [2.05, 4.69) is 77.8 Å². The second-order valence-electron chi connectivity index (χ2n) is 9.99. The highest BCUT2D eigenvalue weighted by atomic mass is 16.7. The van der Waals surface area contributed by atoms with Crippen LogP contribution in [0.15, 0.2) is 24.3 Å². The Bertz CT molecular complexity index is 713. The van der Waals surface area contributed by atoms with Crippen molar-refractivity contribution in [2.45, 2.75) is 104 Å². The lowest BCUT2D eigenvalue weighted by Crippen LogP contribution is -2.72. The molecule has 1 aromatic rings. The lowest BCUT2D eigenvalue weighted by Gasteiger charge is -2.62. The van der Waals surface area contributed by atoms with Crippen molar-refractivity contribution in [2.24, 2.45) is 5.92 Å². The Hall–Kier alpha value is -0.980. The number of benzene rings is 1. The van der Waals surface area contributed by atoms with Crippen LogP contribution in [0.25, 0.3) is 0 Å². The van der Waals surface area contributed by atoms with E-state index in [9.17, 15) is 0 Å². The number of hydrogen-bond donors (Lipinski definition) is 0. The van der Waals surface area contributed by atoms with Gasteiger partial charge in [-0.25, -0.2) is 0 Å². The van der Waals surface area contributed by atoms with E-state index in [0.29, 0.717) is 25.9 Å². The van der Waals surface area contributed by atoms with Gasteiger partial charge in [0.2, 0.25) is 0 Å². The molecule has 1 aromatic carbocycles. The van der Waals surface area contributed by atoms with E-state index >= 15 is 0 Å². The number of hydroxylamine groups is 2. The Labute approximate surface area is 195 Å². The molecule has 2 aliphatic rings. The van der Waals surface area contributed by atoms with Gasteiger partial charge in [0.05, 0.1) is 24.9 Å². The van der Waals surface area contributed by atoms with Crippen molar-refractivity contribution in [3.05, 3.63) is 35.4 Å². The Morgan fingerprint density at radius 2 is 1.56 bits per heavy atom. The van der Waals surface area contributed by atoms with Crippen molar-refractivity contribution in [2.75, 3.05) is 26.4 Å². The number of hydrogen-bond acceptors (Lipinski definition) is 5. The van der Waals surface area contributed by atoms with Gasteiger partial charge in [0.15, 0.2) is 5.79 Å². The second kappa shape index (κ2) is 10.5. The van der Waals surface area contributed by atoms with E-state index in [-0.39, 0.29) is 17.0 Å². The first-order valence-electron chi connectivity index (χ1n) is 12.7. The van der Waals surface area contributed by atoms with Crippen LogP contribution in [0.5, 0.6) is 0 Å². The van der Waals surface area contributed by atoms with Gasteiger partial charge >= 0.3 is 0 Å². The summed E-state index contributed by atoms with van der Waals surface area (Å²) in [6, 6.07) is 8.91. The van der Waals surface area contributed by atoms with Crippen molar-refractivity contribution < 1.29 is 19.0 Å². The maximum absolute atomic E-state index is 6.63. The first kappa shape index (κ1) is 25.6. The monoisotopic (exact) mass is 447 g/mol. The molecule has 182 valence electrons. The first-order chi connectivity index (χ1) is 15.3. The summed E-state index contributed by atoms with van der Waals surface area (Å²) in [4.78, 5) is 6.63. The van der Waals surface area contributed by atoms with Crippen LogP contribution in [0.1, 0.15) is 78.9 Å². The fourth-order valence-electron chi connectivity index (χ4n) is 5.47. The predicted octanol–water partition coefficient (Wildman–Crippen LogP) is 5.55. The predicted molar refractivity (Wildman–Crippen MR) is 129 cm³/mol. The van der Waals surface area contributed by atoms with Gasteiger partial charge in [-0.15, -0.1) is 0 Å². The highest BCUT2D eigenvalue weighted by Gasteiger charge is 2.61. The molecule has 0 aliphatic carbocycles.